The molecule has 3 nitrogen and oxygen atoms in total. The van der Waals surface area contributed by atoms with Crippen molar-refractivity contribution in [2.45, 2.75) is 33.2 Å². The number of methoxy groups -OCH3 is 1. The smallest absolute Gasteiger partial charge is 0.124 e. The Kier molecular flexibility index (Phi) is 4.97. The summed E-state index contributed by atoms with van der Waals surface area (Å²) < 4.78 is 5.42. The van der Waals surface area contributed by atoms with E-state index in [1.54, 1.807) is 7.11 Å². The van der Waals surface area contributed by atoms with E-state index in [4.69, 9.17) is 9.84 Å². The van der Waals surface area contributed by atoms with Crippen molar-refractivity contribution >= 4 is 0 Å². The standard InChI is InChI=1S/C14H23NO2/c1-9-8-12(13(15-4)6-7-16)10(2)11(3)14(9)17-5/h8,13,15-16H,6-7H2,1-5H3. The van der Waals surface area contributed by atoms with Gasteiger partial charge in [0.05, 0.1) is 7.11 Å². The molecular weight excluding hydrogens is 214 g/mol. The number of ether oxygens (including phenoxy) is 1. The summed E-state index contributed by atoms with van der Waals surface area (Å²) in [6, 6.07) is 2.35. The molecular formula is C14H23NO2. The van der Waals surface area contributed by atoms with Gasteiger partial charge in [0.2, 0.25) is 0 Å². The Labute approximate surface area is 104 Å². The van der Waals surface area contributed by atoms with Crippen molar-refractivity contribution in [1.82, 2.24) is 5.32 Å². The minimum Gasteiger partial charge on any atom is -0.496 e. The van der Waals surface area contributed by atoms with Crippen LogP contribution in [0.4, 0.5) is 0 Å². The van der Waals surface area contributed by atoms with Gasteiger partial charge in [-0.25, -0.2) is 0 Å². The van der Waals surface area contributed by atoms with Gasteiger partial charge in [-0.15, -0.1) is 0 Å². The van der Waals surface area contributed by atoms with Gasteiger partial charge < -0.3 is 15.2 Å². The molecule has 1 aromatic rings. The highest BCUT2D eigenvalue weighted by molar-refractivity contribution is 5.49. The van der Waals surface area contributed by atoms with Gasteiger partial charge in [0.15, 0.2) is 0 Å². The van der Waals surface area contributed by atoms with Crippen LogP contribution < -0.4 is 10.1 Å². The van der Waals surface area contributed by atoms with E-state index in [-0.39, 0.29) is 12.6 Å². The summed E-state index contributed by atoms with van der Waals surface area (Å²) >= 11 is 0. The van der Waals surface area contributed by atoms with Crippen molar-refractivity contribution < 1.29 is 9.84 Å². The quantitative estimate of drug-likeness (QED) is 0.825. The Hall–Kier alpha value is -1.06. The summed E-state index contributed by atoms with van der Waals surface area (Å²) in [5.41, 5.74) is 4.81. The van der Waals surface area contributed by atoms with E-state index in [0.29, 0.717) is 0 Å². The molecule has 0 amide bonds. The third kappa shape index (κ3) is 2.79. The van der Waals surface area contributed by atoms with Crippen molar-refractivity contribution in [2.24, 2.45) is 0 Å². The molecule has 0 aliphatic carbocycles. The van der Waals surface area contributed by atoms with Gasteiger partial charge in [-0.1, -0.05) is 6.07 Å². The van der Waals surface area contributed by atoms with E-state index in [2.05, 4.69) is 32.2 Å². The van der Waals surface area contributed by atoms with Gasteiger partial charge >= 0.3 is 0 Å². The fourth-order valence-corrected chi connectivity index (χ4v) is 2.35. The molecule has 3 heteroatoms. The number of hydrogen-bond acceptors (Lipinski definition) is 3. The summed E-state index contributed by atoms with van der Waals surface area (Å²) in [7, 11) is 3.63. The minimum absolute atomic E-state index is 0.190. The lowest BCUT2D eigenvalue weighted by atomic mass is 9.92. The average Bonchev–Trinajstić information content (AvgIpc) is 2.32. The normalized spacial score (nSPS) is 12.6. The lowest BCUT2D eigenvalue weighted by Gasteiger charge is -2.22. The molecule has 2 N–H and O–H groups in total. The molecule has 0 aliphatic heterocycles. The topological polar surface area (TPSA) is 41.5 Å². The molecule has 0 saturated carbocycles. The first-order valence-electron chi connectivity index (χ1n) is 5.99. The van der Waals surface area contributed by atoms with Crippen molar-refractivity contribution in [3.63, 3.8) is 0 Å². The molecule has 0 aromatic heterocycles. The van der Waals surface area contributed by atoms with Crippen LogP contribution in [0.2, 0.25) is 0 Å². The van der Waals surface area contributed by atoms with E-state index in [9.17, 15) is 0 Å². The number of nitrogens with one attached hydrogen (secondary N) is 1. The van der Waals surface area contributed by atoms with Crippen molar-refractivity contribution in [3.8, 4) is 5.75 Å². The monoisotopic (exact) mass is 237 g/mol. The molecule has 0 spiro atoms. The highest BCUT2D eigenvalue weighted by Crippen LogP contribution is 2.32. The van der Waals surface area contributed by atoms with Gasteiger partial charge in [-0.3, -0.25) is 0 Å². The largest absolute Gasteiger partial charge is 0.496 e. The lowest BCUT2D eigenvalue weighted by molar-refractivity contribution is 0.268. The summed E-state index contributed by atoms with van der Waals surface area (Å²) in [6.07, 6.45) is 0.725. The molecule has 0 bridgehead atoms. The Bertz CT molecular complexity index is 388. The fourth-order valence-electron chi connectivity index (χ4n) is 2.35. The van der Waals surface area contributed by atoms with Crippen LogP contribution in [0.1, 0.15) is 34.7 Å². The summed E-state index contributed by atoms with van der Waals surface area (Å²) in [5.74, 6) is 0.963. The predicted octanol–water partition coefficient (Wildman–Crippen LogP) is 2.26. The van der Waals surface area contributed by atoms with Gasteiger partial charge in [0.1, 0.15) is 5.75 Å². The van der Waals surface area contributed by atoms with Crippen LogP contribution in [-0.2, 0) is 0 Å². The van der Waals surface area contributed by atoms with Crippen molar-refractivity contribution in [3.05, 3.63) is 28.3 Å². The molecule has 1 rings (SSSR count). The second-order valence-corrected chi connectivity index (χ2v) is 4.42. The van der Waals surface area contributed by atoms with Gasteiger partial charge in [0, 0.05) is 12.6 Å². The molecule has 17 heavy (non-hydrogen) atoms. The van der Waals surface area contributed by atoms with Crippen LogP contribution in [-0.4, -0.2) is 25.9 Å². The molecule has 0 saturated heterocycles. The zero-order valence-corrected chi connectivity index (χ0v) is 11.4. The molecule has 0 aliphatic rings. The highest BCUT2D eigenvalue weighted by atomic mass is 16.5. The first kappa shape index (κ1) is 14.0. The van der Waals surface area contributed by atoms with E-state index in [0.717, 1.165) is 17.7 Å². The van der Waals surface area contributed by atoms with Crippen molar-refractivity contribution in [2.75, 3.05) is 20.8 Å². The number of benzene rings is 1. The van der Waals surface area contributed by atoms with E-state index in [1.165, 1.54) is 16.7 Å². The van der Waals surface area contributed by atoms with Crippen LogP contribution in [0.5, 0.6) is 5.75 Å². The fraction of sp³-hybridized carbons (Fsp3) is 0.571. The zero-order chi connectivity index (χ0) is 13.0. The number of rotatable bonds is 5. The van der Waals surface area contributed by atoms with Gasteiger partial charge in [-0.05, 0) is 56.5 Å². The molecule has 0 heterocycles. The number of hydrogen-bond donors (Lipinski definition) is 2. The van der Waals surface area contributed by atoms with Crippen LogP contribution in [0.3, 0.4) is 0 Å². The predicted molar refractivity (Wildman–Crippen MR) is 70.7 cm³/mol. The Morgan fingerprint density at radius 1 is 1.29 bits per heavy atom. The molecule has 1 aromatic carbocycles. The SMILES string of the molecule is CNC(CCO)c1cc(C)c(OC)c(C)c1C. The minimum atomic E-state index is 0.190. The number of aliphatic hydroxyl groups excluding tert-OH is 1. The van der Waals surface area contributed by atoms with E-state index < -0.39 is 0 Å². The maximum atomic E-state index is 9.09. The van der Waals surface area contributed by atoms with E-state index in [1.807, 2.05) is 7.05 Å². The zero-order valence-electron chi connectivity index (χ0n) is 11.4. The van der Waals surface area contributed by atoms with E-state index >= 15 is 0 Å². The summed E-state index contributed by atoms with van der Waals surface area (Å²) in [4.78, 5) is 0. The second kappa shape index (κ2) is 6.03. The average molecular weight is 237 g/mol. The van der Waals surface area contributed by atoms with Crippen LogP contribution >= 0.6 is 0 Å². The maximum Gasteiger partial charge on any atom is 0.124 e. The van der Waals surface area contributed by atoms with Crippen LogP contribution in [0.15, 0.2) is 6.07 Å². The van der Waals surface area contributed by atoms with Crippen molar-refractivity contribution in [1.29, 1.82) is 0 Å². The molecule has 96 valence electrons. The molecule has 1 atom stereocenters. The Morgan fingerprint density at radius 2 is 1.94 bits per heavy atom. The Balaban J connectivity index is 3.25. The summed E-state index contributed by atoms with van der Waals surface area (Å²) in [6.45, 7) is 6.43. The second-order valence-electron chi connectivity index (χ2n) is 4.42. The Morgan fingerprint density at radius 3 is 2.41 bits per heavy atom. The van der Waals surface area contributed by atoms with Crippen LogP contribution in [0.25, 0.3) is 0 Å². The van der Waals surface area contributed by atoms with Crippen LogP contribution in [0, 0.1) is 20.8 Å². The summed E-state index contributed by atoms with van der Waals surface area (Å²) in [5, 5.41) is 12.3. The number of aryl methyl sites for hydroxylation is 1. The number of aliphatic hydroxyl groups is 1. The maximum absolute atomic E-state index is 9.09. The van der Waals surface area contributed by atoms with Gasteiger partial charge in [0.25, 0.3) is 0 Å². The first-order valence-corrected chi connectivity index (χ1v) is 5.99. The third-order valence-electron chi connectivity index (χ3n) is 3.41. The van der Waals surface area contributed by atoms with Gasteiger partial charge in [-0.2, -0.15) is 0 Å². The highest BCUT2D eigenvalue weighted by Gasteiger charge is 2.16. The molecule has 0 radical (unpaired) electrons. The molecule has 1 unspecified atom stereocenters. The third-order valence-corrected chi connectivity index (χ3v) is 3.41. The molecule has 0 fully saturated rings. The lowest BCUT2D eigenvalue weighted by Crippen LogP contribution is -2.19. The first-order chi connectivity index (χ1) is 8.06.